The molecule has 3 heteroatoms. The molecular formula is C11H17N3. The number of nitrogens with two attached hydrogens (primary N) is 1. The quantitative estimate of drug-likeness (QED) is 0.775. The van der Waals surface area contributed by atoms with Gasteiger partial charge in [-0.15, -0.1) is 0 Å². The topological polar surface area (TPSA) is 42.2 Å². The van der Waals surface area contributed by atoms with Crippen LogP contribution in [0.3, 0.4) is 0 Å². The van der Waals surface area contributed by atoms with Crippen molar-refractivity contribution in [3.63, 3.8) is 0 Å². The van der Waals surface area contributed by atoms with Crippen molar-refractivity contribution in [2.24, 2.45) is 0 Å². The van der Waals surface area contributed by atoms with E-state index in [0.29, 0.717) is 0 Å². The van der Waals surface area contributed by atoms with Crippen LogP contribution in [0.4, 0.5) is 11.5 Å². The number of anilines is 2. The molecule has 2 heterocycles. The van der Waals surface area contributed by atoms with Gasteiger partial charge in [-0.25, -0.2) is 4.98 Å². The lowest BCUT2D eigenvalue weighted by molar-refractivity contribution is 0.932. The monoisotopic (exact) mass is 191 g/mol. The summed E-state index contributed by atoms with van der Waals surface area (Å²) in [6, 6.07) is 2.13. The Kier molecular flexibility index (Phi) is 2.57. The molecule has 0 aromatic carbocycles. The van der Waals surface area contributed by atoms with Crippen molar-refractivity contribution < 1.29 is 0 Å². The third kappa shape index (κ3) is 1.67. The lowest BCUT2D eigenvalue weighted by Gasteiger charge is -2.17. The van der Waals surface area contributed by atoms with Crippen molar-refractivity contribution in [2.75, 3.05) is 23.7 Å². The van der Waals surface area contributed by atoms with Gasteiger partial charge in [0.2, 0.25) is 0 Å². The molecule has 0 spiro atoms. The maximum absolute atomic E-state index is 5.82. The van der Waals surface area contributed by atoms with Crippen LogP contribution < -0.4 is 10.6 Å². The minimum absolute atomic E-state index is 0.815. The summed E-state index contributed by atoms with van der Waals surface area (Å²) < 4.78 is 0. The molecule has 0 saturated carbocycles. The minimum Gasteiger partial charge on any atom is -0.397 e. The van der Waals surface area contributed by atoms with Crippen LogP contribution in [0.2, 0.25) is 0 Å². The lowest BCUT2D eigenvalue weighted by atomic mass is 10.2. The van der Waals surface area contributed by atoms with E-state index < -0.39 is 0 Å². The molecule has 3 nitrogen and oxygen atoms in total. The van der Waals surface area contributed by atoms with E-state index in [0.717, 1.165) is 31.0 Å². The van der Waals surface area contributed by atoms with Crippen LogP contribution in [0.25, 0.3) is 0 Å². The SMILES string of the molecule is CCc1cc(N2CCCC2)ncc1N. The maximum atomic E-state index is 5.82. The Labute approximate surface area is 84.9 Å². The molecule has 2 N–H and O–H groups in total. The number of pyridine rings is 1. The molecule has 0 bridgehead atoms. The molecule has 0 radical (unpaired) electrons. The first-order chi connectivity index (χ1) is 6.81. The van der Waals surface area contributed by atoms with Crippen LogP contribution in [-0.2, 0) is 6.42 Å². The summed E-state index contributed by atoms with van der Waals surface area (Å²) in [6.07, 6.45) is 5.34. The van der Waals surface area contributed by atoms with Gasteiger partial charge in [0.25, 0.3) is 0 Å². The third-order valence-corrected chi connectivity index (χ3v) is 2.82. The Bertz CT molecular complexity index is 316. The van der Waals surface area contributed by atoms with E-state index in [-0.39, 0.29) is 0 Å². The Morgan fingerprint density at radius 2 is 2.14 bits per heavy atom. The summed E-state index contributed by atoms with van der Waals surface area (Å²) in [5.74, 6) is 1.09. The zero-order valence-corrected chi connectivity index (χ0v) is 8.66. The molecule has 0 atom stereocenters. The van der Waals surface area contributed by atoms with Gasteiger partial charge in [-0.3, -0.25) is 0 Å². The van der Waals surface area contributed by atoms with Crippen molar-refractivity contribution in [3.8, 4) is 0 Å². The number of aryl methyl sites for hydroxylation is 1. The summed E-state index contributed by atoms with van der Waals surface area (Å²) in [4.78, 5) is 6.70. The normalized spacial score (nSPS) is 16.2. The molecule has 0 unspecified atom stereocenters. The van der Waals surface area contributed by atoms with E-state index in [1.54, 1.807) is 6.20 Å². The molecule has 2 rings (SSSR count). The van der Waals surface area contributed by atoms with Gasteiger partial charge in [-0.1, -0.05) is 6.92 Å². The van der Waals surface area contributed by atoms with E-state index in [2.05, 4.69) is 22.9 Å². The summed E-state index contributed by atoms with van der Waals surface area (Å²) >= 11 is 0. The molecule has 14 heavy (non-hydrogen) atoms. The summed E-state index contributed by atoms with van der Waals surface area (Å²) in [5.41, 5.74) is 7.84. The molecule has 76 valence electrons. The van der Waals surface area contributed by atoms with Crippen LogP contribution >= 0.6 is 0 Å². The van der Waals surface area contributed by atoms with Crippen molar-refractivity contribution in [1.82, 2.24) is 4.98 Å². The Morgan fingerprint density at radius 1 is 1.43 bits per heavy atom. The van der Waals surface area contributed by atoms with Crippen LogP contribution in [0.1, 0.15) is 25.3 Å². The second-order valence-corrected chi connectivity index (χ2v) is 3.79. The van der Waals surface area contributed by atoms with Gasteiger partial charge in [0, 0.05) is 13.1 Å². The van der Waals surface area contributed by atoms with Gasteiger partial charge in [0.05, 0.1) is 11.9 Å². The fourth-order valence-electron chi connectivity index (χ4n) is 1.92. The number of hydrogen-bond donors (Lipinski definition) is 1. The first kappa shape index (κ1) is 9.31. The molecular weight excluding hydrogens is 174 g/mol. The highest BCUT2D eigenvalue weighted by Gasteiger charge is 2.13. The Hall–Kier alpha value is -1.25. The van der Waals surface area contributed by atoms with Crippen LogP contribution in [0, 0.1) is 0 Å². The van der Waals surface area contributed by atoms with Gasteiger partial charge in [0.1, 0.15) is 5.82 Å². The summed E-state index contributed by atoms with van der Waals surface area (Å²) in [7, 11) is 0. The van der Waals surface area contributed by atoms with Crippen LogP contribution in [-0.4, -0.2) is 18.1 Å². The summed E-state index contributed by atoms with van der Waals surface area (Å²) in [6.45, 7) is 4.40. The molecule has 1 aliphatic rings. The van der Waals surface area contributed by atoms with Crippen LogP contribution in [0.15, 0.2) is 12.3 Å². The number of hydrogen-bond acceptors (Lipinski definition) is 3. The second kappa shape index (κ2) is 3.86. The zero-order chi connectivity index (χ0) is 9.97. The highest BCUT2D eigenvalue weighted by atomic mass is 15.2. The predicted octanol–water partition coefficient (Wildman–Crippen LogP) is 1.83. The smallest absolute Gasteiger partial charge is 0.128 e. The number of rotatable bonds is 2. The second-order valence-electron chi connectivity index (χ2n) is 3.79. The molecule has 1 saturated heterocycles. The average molecular weight is 191 g/mol. The standard InChI is InChI=1S/C11H17N3/c1-2-9-7-11(13-8-10(9)12)14-5-3-4-6-14/h7-8H,2-6,12H2,1H3. The molecule has 0 amide bonds. The first-order valence-electron chi connectivity index (χ1n) is 5.30. The zero-order valence-electron chi connectivity index (χ0n) is 8.66. The molecule has 0 aliphatic carbocycles. The van der Waals surface area contributed by atoms with Crippen molar-refractivity contribution in [1.29, 1.82) is 0 Å². The van der Waals surface area contributed by atoms with Gasteiger partial charge in [-0.05, 0) is 30.9 Å². The van der Waals surface area contributed by atoms with E-state index >= 15 is 0 Å². The largest absolute Gasteiger partial charge is 0.397 e. The predicted molar refractivity (Wildman–Crippen MR) is 59.5 cm³/mol. The highest BCUT2D eigenvalue weighted by Crippen LogP contribution is 2.21. The average Bonchev–Trinajstić information content (AvgIpc) is 2.71. The Balaban J connectivity index is 2.25. The van der Waals surface area contributed by atoms with Crippen molar-refractivity contribution >= 4 is 11.5 Å². The van der Waals surface area contributed by atoms with E-state index in [4.69, 9.17) is 5.73 Å². The maximum Gasteiger partial charge on any atom is 0.128 e. The van der Waals surface area contributed by atoms with Gasteiger partial charge in [-0.2, -0.15) is 0 Å². The third-order valence-electron chi connectivity index (χ3n) is 2.82. The van der Waals surface area contributed by atoms with E-state index in [1.165, 1.54) is 18.4 Å². The lowest BCUT2D eigenvalue weighted by Crippen LogP contribution is -2.19. The molecule has 1 fully saturated rings. The van der Waals surface area contributed by atoms with E-state index in [9.17, 15) is 0 Å². The number of nitrogen functional groups attached to an aromatic ring is 1. The fraction of sp³-hybridized carbons (Fsp3) is 0.545. The van der Waals surface area contributed by atoms with Gasteiger partial charge in [0.15, 0.2) is 0 Å². The van der Waals surface area contributed by atoms with Gasteiger partial charge >= 0.3 is 0 Å². The Morgan fingerprint density at radius 3 is 2.79 bits per heavy atom. The van der Waals surface area contributed by atoms with E-state index in [1.807, 2.05) is 0 Å². The van der Waals surface area contributed by atoms with Gasteiger partial charge < -0.3 is 10.6 Å². The molecule has 1 aliphatic heterocycles. The number of nitrogens with zero attached hydrogens (tertiary/aromatic N) is 2. The molecule has 1 aromatic heterocycles. The first-order valence-corrected chi connectivity index (χ1v) is 5.30. The van der Waals surface area contributed by atoms with Crippen molar-refractivity contribution in [3.05, 3.63) is 17.8 Å². The van der Waals surface area contributed by atoms with Crippen molar-refractivity contribution in [2.45, 2.75) is 26.2 Å². The summed E-state index contributed by atoms with van der Waals surface area (Å²) in [5, 5.41) is 0. The van der Waals surface area contributed by atoms with Crippen LogP contribution in [0.5, 0.6) is 0 Å². The fourth-order valence-corrected chi connectivity index (χ4v) is 1.92. The number of aromatic nitrogens is 1. The highest BCUT2D eigenvalue weighted by molar-refractivity contribution is 5.53. The molecule has 1 aromatic rings. The minimum atomic E-state index is 0.815.